The number of anilines is 1. The second-order valence-electron chi connectivity index (χ2n) is 3.29. The third-order valence-corrected chi connectivity index (χ3v) is 2.84. The standard InChI is InChI=1S/C10H13NO5S/c1-16-7-6-10(12)11-8-2-4-9(5-3-8)17(13,14)15/h2-5H,6-7H2,1H3,(H,11,12)(H,13,14,15). The van der Waals surface area contributed by atoms with Gasteiger partial charge in [0.25, 0.3) is 10.1 Å². The zero-order valence-corrected chi connectivity index (χ0v) is 10.0. The Labute approximate surface area is 99.3 Å². The molecule has 1 aromatic carbocycles. The second kappa shape index (κ2) is 5.76. The average molecular weight is 259 g/mol. The minimum Gasteiger partial charge on any atom is -0.384 e. The van der Waals surface area contributed by atoms with Gasteiger partial charge in [-0.2, -0.15) is 8.42 Å². The van der Waals surface area contributed by atoms with Gasteiger partial charge in [0, 0.05) is 12.8 Å². The quantitative estimate of drug-likeness (QED) is 0.767. The highest BCUT2D eigenvalue weighted by Gasteiger charge is 2.09. The van der Waals surface area contributed by atoms with Crippen molar-refractivity contribution in [2.24, 2.45) is 0 Å². The molecule has 17 heavy (non-hydrogen) atoms. The summed E-state index contributed by atoms with van der Waals surface area (Å²) in [5, 5.41) is 2.56. The summed E-state index contributed by atoms with van der Waals surface area (Å²) in [5.74, 6) is -0.230. The molecule has 1 aromatic rings. The van der Waals surface area contributed by atoms with Crippen molar-refractivity contribution in [1.29, 1.82) is 0 Å². The van der Waals surface area contributed by atoms with E-state index in [1.54, 1.807) is 0 Å². The van der Waals surface area contributed by atoms with Gasteiger partial charge in [-0.15, -0.1) is 0 Å². The zero-order chi connectivity index (χ0) is 12.9. The van der Waals surface area contributed by atoms with E-state index in [0.717, 1.165) is 0 Å². The van der Waals surface area contributed by atoms with Gasteiger partial charge in [0.2, 0.25) is 5.91 Å². The van der Waals surface area contributed by atoms with E-state index in [-0.39, 0.29) is 17.2 Å². The Balaban J connectivity index is 2.66. The molecule has 1 amide bonds. The number of methoxy groups -OCH3 is 1. The number of carbonyl (C=O) groups excluding carboxylic acids is 1. The van der Waals surface area contributed by atoms with E-state index in [1.807, 2.05) is 0 Å². The predicted octanol–water partition coefficient (Wildman–Crippen LogP) is 0.908. The fraction of sp³-hybridized carbons (Fsp3) is 0.300. The summed E-state index contributed by atoms with van der Waals surface area (Å²) in [5.41, 5.74) is 0.457. The fourth-order valence-electron chi connectivity index (χ4n) is 1.13. The molecule has 94 valence electrons. The normalized spacial score (nSPS) is 11.2. The summed E-state index contributed by atoms with van der Waals surface area (Å²) in [7, 11) is -2.70. The lowest BCUT2D eigenvalue weighted by atomic mass is 10.3. The van der Waals surface area contributed by atoms with Crippen LogP contribution in [0.2, 0.25) is 0 Å². The summed E-state index contributed by atoms with van der Waals surface area (Å²) in [4.78, 5) is 11.1. The molecule has 1 rings (SSSR count). The summed E-state index contributed by atoms with van der Waals surface area (Å²) in [6.07, 6.45) is 0.219. The first-order chi connectivity index (χ1) is 7.93. The average Bonchev–Trinajstić information content (AvgIpc) is 2.26. The molecule has 0 aliphatic rings. The van der Waals surface area contributed by atoms with Crippen molar-refractivity contribution in [3.63, 3.8) is 0 Å². The minimum atomic E-state index is -4.19. The number of hydrogen-bond donors (Lipinski definition) is 2. The molecule has 0 fully saturated rings. The van der Waals surface area contributed by atoms with Gasteiger partial charge in [0.15, 0.2) is 0 Å². The highest BCUT2D eigenvalue weighted by atomic mass is 32.2. The van der Waals surface area contributed by atoms with Gasteiger partial charge >= 0.3 is 0 Å². The van der Waals surface area contributed by atoms with Crippen molar-refractivity contribution in [2.75, 3.05) is 19.0 Å². The molecule has 0 heterocycles. The van der Waals surface area contributed by atoms with Crippen molar-refractivity contribution in [3.8, 4) is 0 Å². The van der Waals surface area contributed by atoms with Gasteiger partial charge in [-0.25, -0.2) is 0 Å². The Morgan fingerprint density at radius 3 is 2.41 bits per heavy atom. The van der Waals surface area contributed by atoms with E-state index < -0.39 is 10.1 Å². The Kier molecular flexibility index (Phi) is 4.62. The maximum absolute atomic E-state index is 11.3. The Bertz CT molecular complexity index is 480. The monoisotopic (exact) mass is 259 g/mol. The van der Waals surface area contributed by atoms with Gasteiger partial charge in [0.05, 0.1) is 17.9 Å². The van der Waals surface area contributed by atoms with Gasteiger partial charge in [-0.1, -0.05) is 0 Å². The van der Waals surface area contributed by atoms with Crippen molar-refractivity contribution in [1.82, 2.24) is 0 Å². The number of benzene rings is 1. The van der Waals surface area contributed by atoms with Crippen LogP contribution >= 0.6 is 0 Å². The van der Waals surface area contributed by atoms with Crippen LogP contribution in [0.5, 0.6) is 0 Å². The van der Waals surface area contributed by atoms with Crippen LogP contribution in [-0.4, -0.2) is 32.6 Å². The van der Waals surface area contributed by atoms with Crippen LogP contribution in [0.3, 0.4) is 0 Å². The van der Waals surface area contributed by atoms with Gasteiger partial charge in [0.1, 0.15) is 0 Å². The molecule has 0 aliphatic heterocycles. The molecule has 0 saturated heterocycles. The number of hydrogen-bond acceptors (Lipinski definition) is 4. The third kappa shape index (κ3) is 4.51. The highest BCUT2D eigenvalue weighted by molar-refractivity contribution is 7.85. The number of amides is 1. The van der Waals surface area contributed by atoms with Crippen LogP contribution in [0.1, 0.15) is 6.42 Å². The maximum Gasteiger partial charge on any atom is 0.294 e. The number of nitrogens with one attached hydrogen (secondary N) is 1. The molecule has 0 aromatic heterocycles. The van der Waals surface area contributed by atoms with E-state index in [2.05, 4.69) is 5.32 Å². The Morgan fingerprint density at radius 2 is 1.94 bits per heavy atom. The largest absolute Gasteiger partial charge is 0.384 e. The van der Waals surface area contributed by atoms with E-state index >= 15 is 0 Å². The van der Waals surface area contributed by atoms with E-state index in [0.29, 0.717) is 12.3 Å². The summed E-state index contributed by atoms with van der Waals surface area (Å²) in [6, 6.07) is 5.21. The van der Waals surface area contributed by atoms with Crippen molar-refractivity contribution < 1.29 is 22.5 Å². The topological polar surface area (TPSA) is 92.7 Å². The molecule has 0 spiro atoms. The molecule has 7 heteroatoms. The molecule has 0 saturated carbocycles. The van der Waals surface area contributed by atoms with Crippen LogP contribution in [0.4, 0.5) is 5.69 Å². The highest BCUT2D eigenvalue weighted by Crippen LogP contribution is 2.13. The Morgan fingerprint density at radius 1 is 1.35 bits per heavy atom. The lowest BCUT2D eigenvalue weighted by Crippen LogP contribution is -2.13. The summed E-state index contributed by atoms with van der Waals surface area (Å²) < 4.78 is 35.0. The van der Waals surface area contributed by atoms with Gasteiger partial charge in [-0.3, -0.25) is 9.35 Å². The predicted molar refractivity (Wildman–Crippen MR) is 61.4 cm³/mol. The van der Waals surface area contributed by atoms with Crippen molar-refractivity contribution in [2.45, 2.75) is 11.3 Å². The molecule has 2 N–H and O–H groups in total. The van der Waals surface area contributed by atoms with Crippen LogP contribution < -0.4 is 5.32 Å². The molecule has 0 radical (unpaired) electrons. The Hall–Kier alpha value is -1.44. The lowest BCUT2D eigenvalue weighted by Gasteiger charge is -2.05. The number of carbonyl (C=O) groups is 1. The fourth-order valence-corrected chi connectivity index (χ4v) is 1.61. The molecular formula is C10H13NO5S. The van der Waals surface area contributed by atoms with Crippen LogP contribution in [-0.2, 0) is 19.6 Å². The van der Waals surface area contributed by atoms with Crippen molar-refractivity contribution >= 4 is 21.7 Å². The molecule has 6 nitrogen and oxygen atoms in total. The van der Waals surface area contributed by atoms with E-state index in [4.69, 9.17) is 9.29 Å². The molecule has 0 unspecified atom stereocenters. The third-order valence-electron chi connectivity index (χ3n) is 1.97. The number of ether oxygens (including phenoxy) is 1. The minimum absolute atomic E-state index is 0.215. The zero-order valence-electron chi connectivity index (χ0n) is 9.21. The summed E-state index contributed by atoms with van der Waals surface area (Å²) in [6.45, 7) is 0.314. The van der Waals surface area contributed by atoms with Crippen molar-refractivity contribution in [3.05, 3.63) is 24.3 Å². The SMILES string of the molecule is COCCC(=O)Nc1ccc(S(=O)(=O)O)cc1. The lowest BCUT2D eigenvalue weighted by molar-refractivity contribution is -0.117. The van der Waals surface area contributed by atoms with Crippen LogP contribution in [0, 0.1) is 0 Å². The summed E-state index contributed by atoms with van der Waals surface area (Å²) >= 11 is 0. The second-order valence-corrected chi connectivity index (χ2v) is 4.71. The van der Waals surface area contributed by atoms with E-state index in [9.17, 15) is 13.2 Å². The molecular weight excluding hydrogens is 246 g/mol. The molecule has 0 atom stereocenters. The smallest absolute Gasteiger partial charge is 0.294 e. The van der Waals surface area contributed by atoms with E-state index in [1.165, 1.54) is 31.4 Å². The molecule has 0 aliphatic carbocycles. The first-order valence-electron chi connectivity index (χ1n) is 4.80. The molecule has 0 bridgehead atoms. The first kappa shape index (κ1) is 13.6. The van der Waals surface area contributed by atoms with Crippen LogP contribution in [0.25, 0.3) is 0 Å². The van der Waals surface area contributed by atoms with Crippen LogP contribution in [0.15, 0.2) is 29.2 Å². The first-order valence-corrected chi connectivity index (χ1v) is 6.24. The maximum atomic E-state index is 11.3. The van der Waals surface area contributed by atoms with Gasteiger partial charge in [-0.05, 0) is 24.3 Å². The number of rotatable bonds is 5. The van der Waals surface area contributed by atoms with Gasteiger partial charge < -0.3 is 10.1 Å².